The summed E-state index contributed by atoms with van der Waals surface area (Å²) in [4.78, 5) is 4.28. The summed E-state index contributed by atoms with van der Waals surface area (Å²) in [5.41, 5.74) is 1.38. The van der Waals surface area contributed by atoms with Gasteiger partial charge < -0.3 is 9.84 Å². The maximum atomic E-state index is 10.0. The monoisotopic (exact) mass is 275 g/mol. The Kier molecular flexibility index (Phi) is 4.42. The first-order valence-electron chi connectivity index (χ1n) is 5.95. The van der Waals surface area contributed by atoms with Crippen LogP contribution in [-0.2, 0) is 0 Å². The first-order valence-corrected chi connectivity index (χ1v) is 6.33. The normalized spacial score (nSPS) is 10.8. The number of hydrogen-bond donors (Lipinski definition) is 1. The molecule has 3 nitrogen and oxygen atoms in total. The Hall–Kier alpha value is -2.00. The zero-order valence-electron chi connectivity index (χ0n) is 10.5. The molecule has 19 heavy (non-hydrogen) atoms. The van der Waals surface area contributed by atoms with Gasteiger partial charge in [0.05, 0.1) is 12.3 Å². The number of aliphatic imine (C=N–C) groups is 1. The lowest BCUT2D eigenvalue weighted by Crippen LogP contribution is -1.93. The van der Waals surface area contributed by atoms with Crippen molar-refractivity contribution in [3.05, 3.63) is 53.1 Å². The molecule has 0 aromatic heterocycles. The SMILES string of the molecule is CCOc1cccc(C=Nc2ccc(Cl)cc2)c1O. The Labute approximate surface area is 117 Å². The largest absolute Gasteiger partial charge is 0.504 e. The van der Waals surface area contributed by atoms with Gasteiger partial charge in [-0.05, 0) is 43.3 Å². The van der Waals surface area contributed by atoms with E-state index in [-0.39, 0.29) is 5.75 Å². The molecule has 0 saturated heterocycles. The molecule has 0 bridgehead atoms. The molecule has 98 valence electrons. The second-order valence-corrected chi connectivity index (χ2v) is 4.30. The summed E-state index contributed by atoms with van der Waals surface area (Å²) >= 11 is 5.80. The number of para-hydroxylation sites is 1. The molecule has 0 aliphatic rings. The van der Waals surface area contributed by atoms with Gasteiger partial charge in [0, 0.05) is 16.8 Å². The molecule has 2 rings (SSSR count). The number of benzene rings is 2. The highest BCUT2D eigenvalue weighted by Crippen LogP contribution is 2.29. The van der Waals surface area contributed by atoms with E-state index in [2.05, 4.69) is 4.99 Å². The maximum Gasteiger partial charge on any atom is 0.166 e. The fourth-order valence-electron chi connectivity index (χ4n) is 1.59. The van der Waals surface area contributed by atoms with Gasteiger partial charge in [-0.3, -0.25) is 4.99 Å². The molecule has 0 fully saturated rings. The molecule has 0 aliphatic carbocycles. The molecule has 1 N–H and O–H groups in total. The summed E-state index contributed by atoms with van der Waals surface area (Å²) < 4.78 is 5.32. The molecule has 0 aliphatic heterocycles. The molecule has 0 radical (unpaired) electrons. The van der Waals surface area contributed by atoms with Crippen LogP contribution in [0.15, 0.2) is 47.5 Å². The quantitative estimate of drug-likeness (QED) is 0.850. The standard InChI is InChI=1S/C15H14ClNO2/c1-2-19-14-5-3-4-11(15(14)18)10-17-13-8-6-12(16)7-9-13/h3-10,18H,2H2,1H3. The van der Waals surface area contributed by atoms with Crippen molar-refractivity contribution >= 4 is 23.5 Å². The minimum absolute atomic E-state index is 0.0991. The summed E-state index contributed by atoms with van der Waals surface area (Å²) in [6, 6.07) is 12.5. The van der Waals surface area contributed by atoms with Crippen molar-refractivity contribution in [2.75, 3.05) is 6.61 Å². The van der Waals surface area contributed by atoms with E-state index in [0.29, 0.717) is 22.9 Å². The molecular formula is C15H14ClNO2. The highest BCUT2D eigenvalue weighted by Gasteiger charge is 2.05. The minimum atomic E-state index is 0.0991. The molecule has 0 saturated carbocycles. The van der Waals surface area contributed by atoms with E-state index in [1.54, 1.807) is 30.5 Å². The topological polar surface area (TPSA) is 41.8 Å². The van der Waals surface area contributed by atoms with Gasteiger partial charge in [-0.2, -0.15) is 0 Å². The second kappa shape index (κ2) is 6.25. The maximum absolute atomic E-state index is 10.0. The van der Waals surface area contributed by atoms with Crippen molar-refractivity contribution in [2.45, 2.75) is 6.92 Å². The van der Waals surface area contributed by atoms with Gasteiger partial charge in [-0.1, -0.05) is 17.7 Å². The lowest BCUT2D eigenvalue weighted by molar-refractivity contribution is 0.318. The van der Waals surface area contributed by atoms with Crippen LogP contribution < -0.4 is 4.74 Å². The van der Waals surface area contributed by atoms with E-state index in [1.807, 2.05) is 25.1 Å². The summed E-state index contributed by atoms with van der Waals surface area (Å²) in [5.74, 6) is 0.560. The summed E-state index contributed by atoms with van der Waals surface area (Å²) in [5, 5.41) is 10.7. The molecule has 0 heterocycles. The third-order valence-electron chi connectivity index (χ3n) is 2.51. The number of nitrogens with zero attached hydrogens (tertiary/aromatic N) is 1. The minimum Gasteiger partial charge on any atom is -0.504 e. The van der Waals surface area contributed by atoms with Crippen LogP contribution in [-0.4, -0.2) is 17.9 Å². The lowest BCUT2D eigenvalue weighted by atomic mass is 10.2. The lowest BCUT2D eigenvalue weighted by Gasteiger charge is -2.07. The van der Waals surface area contributed by atoms with E-state index in [1.165, 1.54) is 0 Å². The average molecular weight is 276 g/mol. The first-order chi connectivity index (χ1) is 9.20. The molecule has 0 unspecified atom stereocenters. The Balaban J connectivity index is 2.23. The van der Waals surface area contributed by atoms with Crippen LogP contribution in [0.25, 0.3) is 0 Å². The Bertz CT molecular complexity index is 579. The highest BCUT2D eigenvalue weighted by molar-refractivity contribution is 6.30. The van der Waals surface area contributed by atoms with Gasteiger partial charge in [-0.25, -0.2) is 0 Å². The predicted molar refractivity (Wildman–Crippen MR) is 78.0 cm³/mol. The summed E-state index contributed by atoms with van der Waals surface area (Å²) in [6.07, 6.45) is 1.60. The van der Waals surface area contributed by atoms with Crippen molar-refractivity contribution in [1.29, 1.82) is 0 Å². The molecule has 0 amide bonds. The van der Waals surface area contributed by atoms with Crippen LogP contribution in [0.1, 0.15) is 12.5 Å². The van der Waals surface area contributed by atoms with E-state index in [0.717, 1.165) is 5.69 Å². The van der Waals surface area contributed by atoms with Crippen molar-refractivity contribution in [3.63, 3.8) is 0 Å². The predicted octanol–water partition coefficient (Wildman–Crippen LogP) is 4.19. The van der Waals surface area contributed by atoms with Crippen molar-refractivity contribution in [3.8, 4) is 11.5 Å². The number of phenolic OH excluding ortho intramolecular Hbond substituents is 1. The second-order valence-electron chi connectivity index (χ2n) is 3.86. The van der Waals surface area contributed by atoms with Crippen LogP contribution in [0.5, 0.6) is 11.5 Å². The molecule has 4 heteroatoms. The van der Waals surface area contributed by atoms with Gasteiger partial charge in [-0.15, -0.1) is 0 Å². The third-order valence-corrected chi connectivity index (χ3v) is 2.76. The summed E-state index contributed by atoms with van der Waals surface area (Å²) in [7, 11) is 0. The Morgan fingerprint density at radius 3 is 2.63 bits per heavy atom. The van der Waals surface area contributed by atoms with E-state index in [9.17, 15) is 5.11 Å². The van der Waals surface area contributed by atoms with Crippen LogP contribution in [0.4, 0.5) is 5.69 Å². The molecule has 2 aromatic carbocycles. The number of aromatic hydroxyl groups is 1. The van der Waals surface area contributed by atoms with E-state index < -0.39 is 0 Å². The highest BCUT2D eigenvalue weighted by atomic mass is 35.5. The molecule has 0 spiro atoms. The fourth-order valence-corrected chi connectivity index (χ4v) is 1.71. The zero-order valence-corrected chi connectivity index (χ0v) is 11.3. The van der Waals surface area contributed by atoms with Crippen LogP contribution in [0.2, 0.25) is 5.02 Å². The first kappa shape index (κ1) is 13.4. The number of rotatable bonds is 4. The van der Waals surface area contributed by atoms with Gasteiger partial charge in [0.1, 0.15) is 0 Å². The van der Waals surface area contributed by atoms with Gasteiger partial charge in [0.25, 0.3) is 0 Å². The van der Waals surface area contributed by atoms with Crippen molar-refractivity contribution in [1.82, 2.24) is 0 Å². The summed E-state index contributed by atoms with van der Waals surface area (Å²) in [6.45, 7) is 2.37. The number of ether oxygens (including phenoxy) is 1. The third kappa shape index (κ3) is 3.48. The number of halogens is 1. The molecule has 0 atom stereocenters. The molecule has 2 aromatic rings. The van der Waals surface area contributed by atoms with Gasteiger partial charge >= 0.3 is 0 Å². The van der Waals surface area contributed by atoms with Crippen molar-refractivity contribution < 1.29 is 9.84 Å². The van der Waals surface area contributed by atoms with Crippen LogP contribution >= 0.6 is 11.6 Å². The fraction of sp³-hybridized carbons (Fsp3) is 0.133. The number of hydrogen-bond acceptors (Lipinski definition) is 3. The van der Waals surface area contributed by atoms with Gasteiger partial charge in [0.2, 0.25) is 0 Å². The Morgan fingerprint density at radius 2 is 1.95 bits per heavy atom. The zero-order chi connectivity index (χ0) is 13.7. The smallest absolute Gasteiger partial charge is 0.166 e. The van der Waals surface area contributed by atoms with Gasteiger partial charge in [0.15, 0.2) is 11.5 Å². The van der Waals surface area contributed by atoms with E-state index in [4.69, 9.17) is 16.3 Å². The molecular weight excluding hydrogens is 262 g/mol. The van der Waals surface area contributed by atoms with Crippen LogP contribution in [0, 0.1) is 0 Å². The number of phenols is 1. The van der Waals surface area contributed by atoms with Crippen LogP contribution in [0.3, 0.4) is 0 Å². The average Bonchev–Trinajstić information content (AvgIpc) is 2.42. The Morgan fingerprint density at radius 1 is 1.21 bits per heavy atom. The van der Waals surface area contributed by atoms with Crippen molar-refractivity contribution in [2.24, 2.45) is 4.99 Å². The van der Waals surface area contributed by atoms with E-state index >= 15 is 0 Å².